The fourth-order valence-electron chi connectivity index (χ4n) is 3.70. The first-order valence-corrected chi connectivity index (χ1v) is 9.89. The van der Waals surface area contributed by atoms with Crippen molar-refractivity contribution in [3.63, 3.8) is 0 Å². The summed E-state index contributed by atoms with van der Waals surface area (Å²) in [7, 11) is 0. The molecule has 1 heterocycles. The van der Waals surface area contributed by atoms with Crippen LogP contribution in [-0.2, 0) is 0 Å². The smallest absolute Gasteiger partial charge is 0.0702 e. The van der Waals surface area contributed by atoms with Crippen LogP contribution >= 0.6 is 0 Å². The van der Waals surface area contributed by atoms with E-state index in [4.69, 9.17) is 0 Å². The van der Waals surface area contributed by atoms with Crippen molar-refractivity contribution in [2.45, 2.75) is 6.92 Å². The second-order valence-electron chi connectivity index (χ2n) is 7.44. The average Bonchev–Trinajstić information content (AvgIpc) is 2.80. The molecule has 0 bridgehead atoms. The average molecular weight is 371 g/mol. The molecule has 0 amide bonds. The minimum atomic E-state index is 1.00. The summed E-state index contributed by atoms with van der Waals surface area (Å²) < 4.78 is 0. The molecule has 0 fully saturated rings. The molecule has 0 unspecified atom stereocenters. The Bertz CT molecular complexity index is 1270. The lowest BCUT2D eigenvalue weighted by atomic mass is 9.98. The van der Waals surface area contributed by atoms with Crippen molar-refractivity contribution in [1.82, 2.24) is 4.98 Å². The van der Waals surface area contributed by atoms with Crippen LogP contribution in [0.4, 0.5) is 0 Å². The van der Waals surface area contributed by atoms with Crippen LogP contribution in [0.5, 0.6) is 0 Å². The lowest BCUT2D eigenvalue weighted by molar-refractivity contribution is 1.32. The molecule has 5 aromatic rings. The van der Waals surface area contributed by atoms with Gasteiger partial charge >= 0.3 is 0 Å². The van der Waals surface area contributed by atoms with Gasteiger partial charge in [-0.3, -0.25) is 4.98 Å². The van der Waals surface area contributed by atoms with Gasteiger partial charge in [0.2, 0.25) is 0 Å². The molecule has 0 aliphatic rings. The Morgan fingerprint density at radius 3 is 1.69 bits per heavy atom. The Hall–Kier alpha value is -3.71. The second-order valence-corrected chi connectivity index (χ2v) is 7.44. The second kappa shape index (κ2) is 7.37. The molecular weight excluding hydrogens is 350 g/mol. The molecule has 0 N–H and O–H groups in total. The van der Waals surface area contributed by atoms with Gasteiger partial charge in [-0.25, -0.2) is 0 Å². The van der Waals surface area contributed by atoms with Gasteiger partial charge in [0.25, 0.3) is 0 Å². The molecule has 0 saturated heterocycles. The lowest BCUT2D eigenvalue weighted by Gasteiger charge is -2.08. The van der Waals surface area contributed by atoms with Crippen molar-refractivity contribution in [3.05, 3.63) is 115 Å². The third-order valence-corrected chi connectivity index (χ3v) is 5.39. The summed E-state index contributed by atoms with van der Waals surface area (Å²) in [5, 5.41) is 2.49. The summed E-state index contributed by atoms with van der Waals surface area (Å²) in [4.78, 5) is 4.69. The summed E-state index contributed by atoms with van der Waals surface area (Å²) in [6, 6.07) is 36.5. The van der Waals surface area contributed by atoms with Crippen LogP contribution in [0, 0.1) is 6.92 Å². The third kappa shape index (κ3) is 3.55. The molecule has 0 saturated carbocycles. The highest BCUT2D eigenvalue weighted by Crippen LogP contribution is 2.29. The highest BCUT2D eigenvalue weighted by molar-refractivity contribution is 5.90. The number of aryl methyl sites for hydroxylation is 1. The normalized spacial score (nSPS) is 10.9. The van der Waals surface area contributed by atoms with E-state index in [1.165, 1.54) is 33.0 Å². The number of hydrogen-bond donors (Lipinski definition) is 0. The van der Waals surface area contributed by atoms with E-state index >= 15 is 0 Å². The molecule has 0 aliphatic carbocycles. The summed E-state index contributed by atoms with van der Waals surface area (Å²) >= 11 is 0. The Labute approximate surface area is 171 Å². The number of benzene rings is 4. The Balaban J connectivity index is 1.46. The number of nitrogens with zero attached hydrogens (tertiary/aromatic N) is 1. The van der Waals surface area contributed by atoms with Crippen LogP contribution in [0.15, 0.2) is 109 Å². The van der Waals surface area contributed by atoms with Gasteiger partial charge in [0.1, 0.15) is 0 Å². The van der Waals surface area contributed by atoms with E-state index in [2.05, 4.69) is 115 Å². The van der Waals surface area contributed by atoms with Gasteiger partial charge in [-0.2, -0.15) is 0 Å². The van der Waals surface area contributed by atoms with E-state index in [9.17, 15) is 0 Å². The van der Waals surface area contributed by atoms with Crippen molar-refractivity contribution >= 4 is 10.8 Å². The highest BCUT2D eigenvalue weighted by atomic mass is 14.7. The highest BCUT2D eigenvalue weighted by Gasteiger charge is 2.04. The SMILES string of the molecule is Cc1ccc(-c2ccc(-c3ccc4cc(-c5ccccc5)ccc4c3)cn2)cc1. The van der Waals surface area contributed by atoms with Crippen molar-refractivity contribution in [2.75, 3.05) is 0 Å². The number of hydrogen-bond acceptors (Lipinski definition) is 1. The molecule has 5 rings (SSSR count). The summed E-state index contributed by atoms with van der Waals surface area (Å²) in [5.74, 6) is 0. The first kappa shape index (κ1) is 17.4. The van der Waals surface area contributed by atoms with Gasteiger partial charge < -0.3 is 0 Å². The molecule has 4 aromatic carbocycles. The van der Waals surface area contributed by atoms with Crippen LogP contribution in [0.1, 0.15) is 5.56 Å². The fourth-order valence-corrected chi connectivity index (χ4v) is 3.70. The molecular formula is C28H21N. The molecule has 0 atom stereocenters. The number of fused-ring (bicyclic) bond motifs is 1. The molecule has 138 valence electrons. The number of pyridine rings is 1. The first-order valence-electron chi connectivity index (χ1n) is 9.89. The predicted octanol–water partition coefficient (Wildman–Crippen LogP) is 7.54. The van der Waals surface area contributed by atoms with Crippen LogP contribution < -0.4 is 0 Å². The van der Waals surface area contributed by atoms with E-state index in [0.29, 0.717) is 0 Å². The van der Waals surface area contributed by atoms with Gasteiger partial charge in [-0.05, 0) is 52.6 Å². The monoisotopic (exact) mass is 371 g/mol. The molecule has 29 heavy (non-hydrogen) atoms. The molecule has 1 heteroatoms. The van der Waals surface area contributed by atoms with Gasteiger partial charge in [0.05, 0.1) is 5.69 Å². The van der Waals surface area contributed by atoms with Crippen LogP contribution in [-0.4, -0.2) is 4.98 Å². The predicted molar refractivity (Wildman–Crippen MR) is 123 cm³/mol. The maximum Gasteiger partial charge on any atom is 0.0702 e. The molecule has 0 radical (unpaired) electrons. The maximum atomic E-state index is 4.69. The summed E-state index contributed by atoms with van der Waals surface area (Å²) in [6.07, 6.45) is 1.97. The lowest BCUT2D eigenvalue weighted by Crippen LogP contribution is -1.86. The minimum Gasteiger partial charge on any atom is -0.256 e. The number of aromatic nitrogens is 1. The number of rotatable bonds is 3. The Morgan fingerprint density at radius 1 is 0.483 bits per heavy atom. The zero-order valence-electron chi connectivity index (χ0n) is 16.3. The van der Waals surface area contributed by atoms with E-state index in [0.717, 1.165) is 16.8 Å². The zero-order valence-corrected chi connectivity index (χ0v) is 16.3. The quantitative estimate of drug-likeness (QED) is 0.319. The van der Waals surface area contributed by atoms with Crippen LogP contribution in [0.2, 0.25) is 0 Å². The van der Waals surface area contributed by atoms with E-state index in [-0.39, 0.29) is 0 Å². The Morgan fingerprint density at radius 2 is 1.07 bits per heavy atom. The molecule has 0 aliphatic heterocycles. The van der Waals surface area contributed by atoms with Gasteiger partial charge in [0.15, 0.2) is 0 Å². The van der Waals surface area contributed by atoms with Crippen molar-refractivity contribution < 1.29 is 0 Å². The van der Waals surface area contributed by atoms with Gasteiger partial charge in [-0.1, -0.05) is 90.5 Å². The molecule has 0 spiro atoms. The maximum absolute atomic E-state index is 4.69. The first-order chi connectivity index (χ1) is 14.3. The van der Waals surface area contributed by atoms with Crippen molar-refractivity contribution in [1.29, 1.82) is 0 Å². The third-order valence-electron chi connectivity index (χ3n) is 5.39. The van der Waals surface area contributed by atoms with E-state index in [1.807, 2.05) is 6.20 Å². The Kier molecular flexibility index (Phi) is 4.42. The fraction of sp³-hybridized carbons (Fsp3) is 0.0357. The molecule has 1 aromatic heterocycles. The van der Waals surface area contributed by atoms with Crippen molar-refractivity contribution in [3.8, 4) is 33.5 Å². The zero-order chi connectivity index (χ0) is 19.6. The summed E-state index contributed by atoms with van der Waals surface area (Å²) in [5.41, 5.74) is 8.22. The standard InChI is InChI=1S/C28H21N/c1-20-7-9-22(10-8-20)28-16-15-27(19-29-28)26-14-13-24-17-23(11-12-25(24)18-26)21-5-3-2-4-6-21/h2-19H,1H3. The summed E-state index contributed by atoms with van der Waals surface area (Å²) in [6.45, 7) is 2.10. The van der Waals surface area contributed by atoms with Crippen molar-refractivity contribution in [2.24, 2.45) is 0 Å². The van der Waals surface area contributed by atoms with E-state index in [1.54, 1.807) is 0 Å². The van der Waals surface area contributed by atoms with Gasteiger partial charge in [-0.15, -0.1) is 0 Å². The van der Waals surface area contributed by atoms with Crippen LogP contribution in [0.25, 0.3) is 44.3 Å². The topological polar surface area (TPSA) is 12.9 Å². The van der Waals surface area contributed by atoms with E-state index < -0.39 is 0 Å². The van der Waals surface area contributed by atoms with Crippen LogP contribution in [0.3, 0.4) is 0 Å². The largest absolute Gasteiger partial charge is 0.256 e. The van der Waals surface area contributed by atoms with Gasteiger partial charge in [0, 0.05) is 17.3 Å². The minimum absolute atomic E-state index is 1.00. The molecule has 1 nitrogen and oxygen atoms in total.